The van der Waals surface area contributed by atoms with Crippen LogP contribution in [0, 0.1) is 10.1 Å². The lowest BCUT2D eigenvalue weighted by atomic mass is 10.9. The van der Waals surface area contributed by atoms with E-state index in [0.717, 1.165) is 29.3 Å². The zero-order chi connectivity index (χ0) is 10.6. The van der Waals surface area contributed by atoms with Crippen molar-refractivity contribution in [3.8, 4) is 0 Å². The van der Waals surface area contributed by atoms with Crippen molar-refractivity contribution in [2.24, 2.45) is 0 Å². The van der Waals surface area contributed by atoms with E-state index in [1.165, 1.54) is 0 Å². The van der Waals surface area contributed by atoms with Gasteiger partial charge in [-0.3, -0.25) is 20.2 Å². The maximum atomic E-state index is 11.0. The van der Waals surface area contributed by atoms with Gasteiger partial charge in [0.1, 0.15) is 6.20 Å². The predicted molar refractivity (Wildman–Crippen MR) is 55.9 cm³/mol. The first-order chi connectivity index (χ1) is 6.63. The van der Waals surface area contributed by atoms with Gasteiger partial charge in [0.05, 0.1) is 4.92 Å². The SMILES string of the molecule is CCSC(=O)Nc1ncc([N+](=O)[O-])s1. The van der Waals surface area contributed by atoms with E-state index in [1.807, 2.05) is 6.92 Å². The van der Waals surface area contributed by atoms with Crippen molar-refractivity contribution in [1.29, 1.82) is 0 Å². The van der Waals surface area contributed by atoms with E-state index in [9.17, 15) is 14.9 Å². The quantitative estimate of drug-likeness (QED) is 0.639. The molecule has 1 rings (SSSR count). The Balaban J connectivity index is 2.59. The van der Waals surface area contributed by atoms with Gasteiger partial charge in [-0.05, 0) is 17.1 Å². The first-order valence-electron chi connectivity index (χ1n) is 3.67. The summed E-state index contributed by atoms with van der Waals surface area (Å²) < 4.78 is 0. The third kappa shape index (κ3) is 2.96. The summed E-state index contributed by atoms with van der Waals surface area (Å²) in [6.45, 7) is 1.84. The van der Waals surface area contributed by atoms with Gasteiger partial charge in [0.15, 0.2) is 5.13 Å². The Bertz CT molecular complexity index is 352. The van der Waals surface area contributed by atoms with Gasteiger partial charge < -0.3 is 0 Å². The summed E-state index contributed by atoms with van der Waals surface area (Å²) >= 11 is 1.93. The molecular formula is C6H7N3O3S2. The number of nitrogens with zero attached hydrogens (tertiary/aromatic N) is 2. The third-order valence-electron chi connectivity index (χ3n) is 1.16. The maximum absolute atomic E-state index is 11.0. The van der Waals surface area contributed by atoms with Gasteiger partial charge in [-0.2, -0.15) is 0 Å². The van der Waals surface area contributed by atoms with Crippen molar-refractivity contribution in [1.82, 2.24) is 4.98 Å². The highest BCUT2D eigenvalue weighted by molar-refractivity contribution is 8.13. The molecule has 0 aliphatic carbocycles. The Morgan fingerprint density at radius 2 is 2.57 bits per heavy atom. The molecule has 14 heavy (non-hydrogen) atoms. The number of thioether (sulfide) groups is 1. The minimum absolute atomic E-state index is 0.0817. The molecule has 0 atom stereocenters. The second-order valence-corrected chi connectivity index (χ2v) is 4.35. The van der Waals surface area contributed by atoms with Gasteiger partial charge in [0.25, 0.3) is 5.24 Å². The van der Waals surface area contributed by atoms with Crippen molar-refractivity contribution < 1.29 is 9.72 Å². The summed E-state index contributed by atoms with van der Waals surface area (Å²) in [5, 5.41) is 12.6. The minimum atomic E-state index is -0.541. The maximum Gasteiger partial charge on any atom is 0.345 e. The number of carbonyl (C=O) groups excluding carboxylic acids is 1. The molecule has 6 nitrogen and oxygen atoms in total. The van der Waals surface area contributed by atoms with E-state index in [-0.39, 0.29) is 15.4 Å². The fourth-order valence-electron chi connectivity index (χ4n) is 0.662. The molecule has 1 amide bonds. The largest absolute Gasteiger partial charge is 0.345 e. The first kappa shape index (κ1) is 10.9. The summed E-state index contributed by atoms with van der Waals surface area (Å²) in [4.78, 5) is 24.5. The molecule has 0 bridgehead atoms. The lowest BCUT2D eigenvalue weighted by molar-refractivity contribution is -0.380. The lowest BCUT2D eigenvalue weighted by Gasteiger charge is -1.96. The molecule has 1 heterocycles. The van der Waals surface area contributed by atoms with Crippen molar-refractivity contribution >= 4 is 38.5 Å². The second-order valence-electron chi connectivity index (χ2n) is 2.11. The zero-order valence-electron chi connectivity index (χ0n) is 7.22. The fraction of sp³-hybridized carbons (Fsp3) is 0.333. The van der Waals surface area contributed by atoms with Gasteiger partial charge >= 0.3 is 5.00 Å². The molecule has 0 radical (unpaired) electrons. The van der Waals surface area contributed by atoms with Crippen molar-refractivity contribution in [3.63, 3.8) is 0 Å². The molecule has 8 heteroatoms. The van der Waals surface area contributed by atoms with Crippen LogP contribution in [0.1, 0.15) is 6.92 Å². The van der Waals surface area contributed by atoms with Crippen LogP contribution in [-0.2, 0) is 0 Å². The molecule has 76 valence electrons. The number of hydrogen-bond donors (Lipinski definition) is 1. The molecule has 0 unspecified atom stereocenters. The number of nitro groups is 1. The van der Waals surface area contributed by atoms with Gasteiger partial charge in [-0.25, -0.2) is 4.98 Å². The molecule has 1 N–H and O–H groups in total. The number of hydrogen-bond acceptors (Lipinski definition) is 6. The van der Waals surface area contributed by atoms with Crippen LogP contribution in [0.5, 0.6) is 0 Å². The second kappa shape index (κ2) is 4.91. The molecule has 0 saturated carbocycles. The monoisotopic (exact) mass is 233 g/mol. The van der Waals surface area contributed by atoms with Crippen LogP contribution in [0.25, 0.3) is 0 Å². The van der Waals surface area contributed by atoms with Crippen LogP contribution in [0.4, 0.5) is 14.9 Å². The highest BCUT2D eigenvalue weighted by atomic mass is 32.2. The Morgan fingerprint density at radius 1 is 1.86 bits per heavy atom. The smallest absolute Gasteiger partial charge is 0.292 e. The number of thiazole rings is 1. The van der Waals surface area contributed by atoms with Crippen molar-refractivity contribution in [3.05, 3.63) is 16.3 Å². The highest BCUT2D eigenvalue weighted by Gasteiger charge is 2.12. The molecule has 1 aromatic rings. The molecular weight excluding hydrogens is 226 g/mol. The normalized spacial score (nSPS) is 9.79. The average Bonchev–Trinajstić information content (AvgIpc) is 2.53. The van der Waals surface area contributed by atoms with E-state index in [4.69, 9.17) is 0 Å². The van der Waals surface area contributed by atoms with Gasteiger partial charge in [0.2, 0.25) is 0 Å². The number of nitrogens with one attached hydrogen (secondary N) is 1. The summed E-state index contributed by atoms with van der Waals surface area (Å²) in [7, 11) is 0. The topological polar surface area (TPSA) is 85.1 Å². The van der Waals surface area contributed by atoms with Crippen LogP contribution in [0.2, 0.25) is 0 Å². The summed E-state index contributed by atoms with van der Waals surface area (Å²) in [6, 6.07) is 0. The van der Waals surface area contributed by atoms with Crippen LogP contribution in [0.15, 0.2) is 6.20 Å². The van der Waals surface area contributed by atoms with Crippen molar-refractivity contribution in [2.75, 3.05) is 11.1 Å². The summed E-state index contributed by atoms with van der Waals surface area (Å²) in [5.41, 5.74) is 0. The van der Waals surface area contributed by atoms with Crippen LogP contribution < -0.4 is 5.32 Å². The molecule has 0 saturated heterocycles. The molecule has 0 fully saturated rings. The standard InChI is InChI=1S/C6H7N3O3S2/c1-2-13-6(10)8-5-7-3-4(14-5)9(11)12/h3H,2H2,1H3,(H,7,8,10). The van der Waals surface area contributed by atoms with Gasteiger partial charge in [0, 0.05) is 0 Å². The van der Waals surface area contributed by atoms with Crippen LogP contribution >= 0.6 is 23.1 Å². The Labute approximate surface area is 87.9 Å². The van der Waals surface area contributed by atoms with Crippen LogP contribution in [0.3, 0.4) is 0 Å². The highest BCUT2D eigenvalue weighted by Crippen LogP contribution is 2.25. The van der Waals surface area contributed by atoms with E-state index >= 15 is 0 Å². The molecule has 0 aromatic carbocycles. The van der Waals surface area contributed by atoms with E-state index < -0.39 is 4.92 Å². The number of amides is 1. The Hall–Kier alpha value is -1.15. The van der Waals surface area contributed by atoms with E-state index in [1.54, 1.807) is 0 Å². The zero-order valence-corrected chi connectivity index (χ0v) is 8.85. The minimum Gasteiger partial charge on any atom is -0.292 e. The third-order valence-corrected chi connectivity index (χ3v) is 2.68. The van der Waals surface area contributed by atoms with Crippen LogP contribution in [-0.4, -0.2) is 20.9 Å². The molecule has 0 aliphatic heterocycles. The van der Waals surface area contributed by atoms with E-state index in [2.05, 4.69) is 10.3 Å². The molecule has 0 spiro atoms. The number of aromatic nitrogens is 1. The van der Waals surface area contributed by atoms with Crippen molar-refractivity contribution in [2.45, 2.75) is 6.92 Å². The fourth-order valence-corrected chi connectivity index (χ4v) is 1.79. The van der Waals surface area contributed by atoms with Gasteiger partial charge in [-0.1, -0.05) is 18.7 Å². The lowest BCUT2D eigenvalue weighted by Crippen LogP contribution is -2.04. The number of anilines is 1. The Morgan fingerprint density at radius 3 is 3.07 bits per heavy atom. The number of rotatable bonds is 3. The Kier molecular flexibility index (Phi) is 3.84. The predicted octanol–water partition coefficient (Wildman–Crippen LogP) is 2.34. The molecule has 0 aliphatic rings. The number of carbonyl (C=O) groups is 1. The first-order valence-corrected chi connectivity index (χ1v) is 5.47. The molecule has 1 aromatic heterocycles. The van der Waals surface area contributed by atoms with Gasteiger partial charge in [-0.15, -0.1) is 0 Å². The summed E-state index contributed by atoms with van der Waals surface area (Å²) in [5.74, 6) is 0.652. The average molecular weight is 233 g/mol. The van der Waals surface area contributed by atoms with E-state index in [0.29, 0.717) is 5.75 Å². The summed E-state index contributed by atoms with van der Waals surface area (Å²) in [6.07, 6.45) is 1.12.